The van der Waals surface area contributed by atoms with Crippen molar-refractivity contribution in [3.63, 3.8) is 0 Å². The highest BCUT2D eigenvalue weighted by molar-refractivity contribution is 9.10. The number of pyridine rings is 1. The van der Waals surface area contributed by atoms with Crippen molar-refractivity contribution >= 4 is 43.6 Å². The Kier molecular flexibility index (Phi) is 5.45. The number of hydrogen-bond acceptors (Lipinski definition) is 3. The van der Waals surface area contributed by atoms with Crippen LogP contribution in [0.15, 0.2) is 55.4 Å². The predicted molar refractivity (Wildman–Crippen MR) is 87.7 cm³/mol. The summed E-state index contributed by atoms with van der Waals surface area (Å²) in [6, 6.07) is 10.7. The van der Waals surface area contributed by atoms with E-state index in [1.807, 2.05) is 25.4 Å². The van der Waals surface area contributed by atoms with Crippen LogP contribution in [0.4, 0.5) is 0 Å². The largest absolute Gasteiger partial charge is 0.313 e. The Balaban J connectivity index is 2.32. The van der Waals surface area contributed by atoms with Crippen LogP contribution in [0.25, 0.3) is 0 Å². The van der Waals surface area contributed by atoms with E-state index in [2.05, 4.69) is 67.3 Å². The molecule has 0 amide bonds. The molecule has 0 saturated heterocycles. The maximum atomic E-state index is 4.41. The summed E-state index contributed by atoms with van der Waals surface area (Å²) in [5.41, 5.74) is 1.28. The molecule has 1 aromatic carbocycles. The summed E-state index contributed by atoms with van der Waals surface area (Å²) >= 11 is 8.61. The molecule has 2 aromatic rings. The number of nitrogens with zero attached hydrogens (tertiary/aromatic N) is 1. The minimum absolute atomic E-state index is 0.311. The van der Waals surface area contributed by atoms with Gasteiger partial charge in [0.2, 0.25) is 0 Å². The number of nitrogens with one attached hydrogen (secondary N) is 1. The molecule has 1 heterocycles. The van der Waals surface area contributed by atoms with E-state index in [1.54, 1.807) is 11.8 Å². The zero-order chi connectivity index (χ0) is 13.8. The minimum Gasteiger partial charge on any atom is -0.313 e. The topological polar surface area (TPSA) is 24.9 Å². The molecule has 0 aliphatic heterocycles. The maximum absolute atomic E-state index is 4.41. The second-order valence-corrected chi connectivity index (χ2v) is 7.00. The molecule has 2 rings (SSSR count). The third-order valence-corrected chi connectivity index (χ3v) is 4.78. The molecule has 1 unspecified atom stereocenters. The lowest BCUT2D eigenvalue weighted by molar-refractivity contribution is 0.641. The van der Waals surface area contributed by atoms with Gasteiger partial charge in [-0.25, -0.2) is 4.98 Å². The highest BCUT2D eigenvalue weighted by Crippen LogP contribution is 2.34. The SMILES string of the molecule is CNC(C)c1ccc(Br)cc1Sc1ccc(Br)cn1. The van der Waals surface area contributed by atoms with Crippen molar-refractivity contribution in [2.75, 3.05) is 7.05 Å². The van der Waals surface area contributed by atoms with Crippen LogP contribution in [0.1, 0.15) is 18.5 Å². The van der Waals surface area contributed by atoms with E-state index in [0.717, 1.165) is 14.0 Å². The molecule has 0 fully saturated rings. The Morgan fingerprint density at radius 2 is 1.89 bits per heavy atom. The third kappa shape index (κ3) is 4.05. The van der Waals surface area contributed by atoms with E-state index in [0.29, 0.717) is 6.04 Å². The molecule has 1 aromatic heterocycles. The number of benzene rings is 1. The maximum Gasteiger partial charge on any atom is 0.101 e. The molecule has 1 N–H and O–H groups in total. The molecule has 1 atom stereocenters. The van der Waals surface area contributed by atoms with Crippen LogP contribution < -0.4 is 5.32 Å². The first kappa shape index (κ1) is 15.0. The molecule has 19 heavy (non-hydrogen) atoms. The highest BCUT2D eigenvalue weighted by atomic mass is 79.9. The summed E-state index contributed by atoms with van der Waals surface area (Å²) in [4.78, 5) is 5.62. The molecule has 0 bridgehead atoms. The Morgan fingerprint density at radius 1 is 1.16 bits per heavy atom. The average molecular weight is 402 g/mol. The van der Waals surface area contributed by atoms with E-state index in [-0.39, 0.29) is 0 Å². The van der Waals surface area contributed by atoms with Gasteiger partial charge in [0.25, 0.3) is 0 Å². The van der Waals surface area contributed by atoms with Crippen molar-refractivity contribution in [3.05, 3.63) is 51.0 Å². The number of rotatable bonds is 4. The number of hydrogen-bond donors (Lipinski definition) is 1. The van der Waals surface area contributed by atoms with Gasteiger partial charge in [-0.15, -0.1) is 0 Å². The van der Waals surface area contributed by atoms with Crippen LogP contribution in [0.3, 0.4) is 0 Å². The Hall–Kier alpha value is -0.360. The van der Waals surface area contributed by atoms with Gasteiger partial charge in [0, 0.05) is 26.1 Å². The lowest BCUT2D eigenvalue weighted by Crippen LogP contribution is -2.13. The van der Waals surface area contributed by atoms with Crippen LogP contribution >= 0.6 is 43.6 Å². The summed E-state index contributed by atoms with van der Waals surface area (Å²) in [5.74, 6) is 0. The van der Waals surface area contributed by atoms with Crippen molar-refractivity contribution < 1.29 is 0 Å². The molecule has 2 nitrogen and oxygen atoms in total. The van der Waals surface area contributed by atoms with E-state index in [9.17, 15) is 0 Å². The van der Waals surface area contributed by atoms with Gasteiger partial charge in [0.1, 0.15) is 5.03 Å². The van der Waals surface area contributed by atoms with Gasteiger partial charge < -0.3 is 5.32 Å². The standard InChI is InChI=1S/C14H14Br2N2S/c1-9(17-2)12-5-3-10(15)7-13(12)19-14-6-4-11(16)8-18-14/h3-9,17H,1-2H3. The van der Waals surface area contributed by atoms with Crippen molar-refractivity contribution in [3.8, 4) is 0 Å². The first-order valence-electron chi connectivity index (χ1n) is 5.86. The fourth-order valence-electron chi connectivity index (χ4n) is 1.65. The van der Waals surface area contributed by atoms with Gasteiger partial charge >= 0.3 is 0 Å². The van der Waals surface area contributed by atoms with Crippen LogP contribution in [0, 0.1) is 0 Å². The van der Waals surface area contributed by atoms with Gasteiger partial charge in [-0.05, 0) is 59.7 Å². The second kappa shape index (κ2) is 6.88. The smallest absolute Gasteiger partial charge is 0.101 e. The van der Waals surface area contributed by atoms with Gasteiger partial charge in [-0.3, -0.25) is 0 Å². The molecule has 100 valence electrons. The molecule has 0 radical (unpaired) electrons. The van der Waals surface area contributed by atoms with Gasteiger partial charge in [-0.1, -0.05) is 33.8 Å². The Bertz CT molecular complexity index is 558. The summed E-state index contributed by atoms with van der Waals surface area (Å²) < 4.78 is 2.08. The van der Waals surface area contributed by atoms with Crippen molar-refractivity contribution in [2.24, 2.45) is 0 Å². The highest BCUT2D eigenvalue weighted by Gasteiger charge is 2.11. The molecular formula is C14H14Br2N2S. The summed E-state index contributed by atoms with van der Waals surface area (Å²) in [7, 11) is 1.97. The molecule has 0 aliphatic rings. The summed E-state index contributed by atoms with van der Waals surface area (Å²) in [6.45, 7) is 2.16. The lowest BCUT2D eigenvalue weighted by Gasteiger charge is -2.15. The Labute approximate surface area is 134 Å². The predicted octanol–water partition coefficient (Wildman–Crippen LogP) is 5.04. The zero-order valence-electron chi connectivity index (χ0n) is 10.7. The van der Waals surface area contributed by atoms with E-state index in [1.165, 1.54) is 10.5 Å². The minimum atomic E-state index is 0.311. The van der Waals surface area contributed by atoms with Crippen molar-refractivity contribution in [1.29, 1.82) is 0 Å². The van der Waals surface area contributed by atoms with Crippen LogP contribution in [0.5, 0.6) is 0 Å². The Morgan fingerprint density at radius 3 is 2.53 bits per heavy atom. The first-order chi connectivity index (χ1) is 9.10. The van der Waals surface area contributed by atoms with E-state index < -0.39 is 0 Å². The number of halogens is 2. The third-order valence-electron chi connectivity index (χ3n) is 2.79. The molecular weight excluding hydrogens is 388 g/mol. The summed E-state index contributed by atoms with van der Waals surface area (Å²) in [5, 5.41) is 4.27. The van der Waals surface area contributed by atoms with Crippen LogP contribution in [-0.4, -0.2) is 12.0 Å². The molecule has 0 spiro atoms. The van der Waals surface area contributed by atoms with Crippen LogP contribution in [0.2, 0.25) is 0 Å². The second-order valence-electron chi connectivity index (χ2n) is 4.11. The molecule has 0 saturated carbocycles. The average Bonchev–Trinajstić information content (AvgIpc) is 2.41. The fraction of sp³-hybridized carbons (Fsp3) is 0.214. The zero-order valence-corrected chi connectivity index (χ0v) is 14.6. The van der Waals surface area contributed by atoms with E-state index in [4.69, 9.17) is 0 Å². The fourth-order valence-corrected chi connectivity index (χ4v) is 3.41. The summed E-state index contributed by atoms with van der Waals surface area (Å²) in [6.07, 6.45) is 1.82. The van der Waals surface area contributed by atoms with Gasteiger partial charge in [-0.2, -0.15) is 0 Å². The normalized spacial score (nSPS) is 12.4. The lowest BCUT2D eigenvalue weighted by atomic mass is 10.1. The van der Waals surface area contributed by atoms with Gasteiger partial charge in [0.15, 0.2) is 0 Å². The van der Waals surface area contributed by atoms with Crippen LogP contribution in [-0.2, 0) is 0 Å². The first-order valence-corrected chi connectivity index (χ1v) is 8.26. The number of aromatic nitrogens is 1. The monoisotopic (exact) mass is 400 g/mol. The molecule has 5 heteroatoms. The van der Waals surface area contributed by atoms with Crippen molar-refractivity contribution in [1.82, 2.24) is 10.3 Å². The van der Waals surface area contributed by atoms with Gasteiger partial charge in [0.05, 0.1) is 0 Å². The van der Waals surface area contributed by atoms with Crippen molar-refractivity contribution in [2.45, 2.75) is 22.9 Å². The van der Waals surface area contributed by atoms with E-state index >= 15 is 0 Å². The molecule has 0 aliphatic carbocycles. The quantitative estimate of drug-likeness (QED) is 0.776.